The monoisotopic (exact) mass is 391 g/mol. The third-order valence-electron chi connectivity index (χ3n) is 4.87. The van der Waals surface area contributed by atoms with E-state index >= 15 is 0 Å². The maximum atomic E-state index is 12.7. The number of pyridine rings is 1. The molecule has 0 spiro atoms. The van der Waals surface area contributed by atoms with Gasteiger partial charge in [0.15, 0.2) is 5.78 Å². The number of aromatic nitrogens is 1. The van der Waals surface area contributed by atoms with Crippen LogP contribution in [0.3, 0.4) is 0 Å². The van der Waals surface area contributed by atoms with Crippen LogP contribution in [0.25, 0.3) is 0 Å². The van der Waals surface area contributed by atoms with Crippen molar-refractivity contribution in [1.29, 1.82) is 0 Å². The first-order valence-corrected chi connectivity index (χ1v) is 9.79. The summed E-state index contributed by atoms with van der Waals surface area (Å²) in [5.41, 5.74) is 2.41. The summed E-state index contributed by atoms with van der Waals surface area (Å²) < 4.78 is 6.06. The predicted octanol–water partition coefficient (Wildman–Crippen LogP) is 2.62. The molecule has 0 saturated carbocycles. The molecule has 7 nitrogen and oxygen atoms in total. The van der Waals surface area contributed by atoms with Gasteiger partial charge < -0.3 is 19.9 Å². The highest BCUT2D eigenvalue weighted by atomic mass is 16.5. The summed E-state index contributed by atoms with van der Waals surface area (Å²) in [6.07, 6.45) is 5.79. The SMILES string of the molecule is CN(C)CCCOc1cccc2c1NC(=CC(=O)c1cccnc1)N1CCN=C21. The van der Waals surface area contributed by atoms with Crippen LogP contribution in [0.15, 0.2) is 59.6 Å². The number of hydrogen-bond acceptors (Lipinski definition) is 7. The van der Waals surface area contributed by atoms with E-state index in [1.54, 1.807) is 30.6 Å². The van der Waals surface area contributed by atoms with Crippen molar-refractivity contribution in [2.24, 2.45) is 4.99 Å². The first-order chi connectivity index (χ1) is 14.1. The normalized spacial score (nSPS) is 16.3. The fourth-order valence-corrected chi connectivity index (χ4v) is 3.47. The lowest BCUT2D eigenvalue weighted by atomic mass is 10.1. The molecule has 0 radical (unpaired) electrons. The minimum atomic E-state index is -0.0975. The molecule has 0 fully saturated rings. The Bertz CT molecular complexity index is 953. The first-order valence-electron chi connectivity index (χ1n) is 9.79. The number of ether oxygens (including phenoxy) is 1. The van der Waals surface area contributed by atoms with Gasteiger partial charge in [-0.3, -0.25) is 14.8 Å². The van der Waals surface area contributed by atoms with E-state index in [-0.39, 0.29) is 5.78 Å². The van der Waals surface area contributed by atoms with E-state index in [0.717, 1.165) is 42.3 Å². The van der Waals surface area contributed by atoms with Crippen LogP contribution in [-0.2, 0) is 0 Å². The van der Waals surface area contributed by atoms with Gasteiger partial charge in [0, 0.05) is 42.7 Å². The van der Waals surface area contributed by atoms with Gasteiger partial charge in [-0.05, 0) is 44.8 Å². The van der Waals surface area contributed by atoms with E-state index < -0.39 is 0 Å². The van der Waals surface area contributed by atoms with E-state index in [1.807, 2.05) is 23.1 Å². The van der Waals surface area contributed by atoms with Crippen LogP contribution >= 0.6 is 0 Å². The fourth-order valence-electron chi connectivity index (χ4n) is 3.47. The summed E-state index contributed by atoms with van der Waals surface area (Å²) in [5.74, 6) is 2.27. The molecule has 4 rings (SSSR count). The molecule has 150 valence electrons. The van der Waals surface area contributed by atoms with Gasteiger partial charge in [-0.15, -0.1) is 0 Å². The number of anilines is 1. The molecule has 2 aromatic rings. The predicted molar refractivity (Wildman–Crippen MR) is 113 cm³/mol. The number of nitrogens with zero attached hydrogens (tertiary/aromatic N) is 4. The molecule has 29 heavy (non-hydrogen) atoms. The standard InChI is InChI=1S/C22H25N5O2/c1-26(2)11-5-13-29-19-8-3-7-17-21(19)25-20(27-12-10-24-22(17)27)14-18(28)16-6-4-9-23-15-16/h3-4,6-9,14-15,25H,5,10-13H2,1-2H3. The number of carbonyl (C=O) groups excluding carboxylic acids is 1. The van der Waals surface area contributed by atoms with Gasteiger partial charge in [0.25, 0.3) is 0 Å². The number of aliphatic imine (C=N–C) groups is 1. The van der Waals surface area contributed by atoms with Crippen molar-refractivity contribution in [1.82, 2.24) is 14.8 Å². The molecule has 7 heteroatoms. The Hall–Kier alpha value is -3.19. The number of benzene rings is 1. The van der Waals surface area contributed by atoms with Gasteiger partial charge in [-0.1, -0.05) is 6.07 Å². The van der Waals surface area contributed by atoms with Gasteiger partial charge in [0.05, 0.1) is 18.8 Å². The molecule has 0 atom stereocenters. The van der Waals surface area contributed by atoms with Crippen molar-refractivity contribution in [3.8, 4) is 5.75 Å². The summed E-state index contributed by atoms with van der Waals surface area (Å²) >= 11 is 0. The van der Waals surface area contributed by atoms with Crippen LogP contribution < -0.4 is 10.1 Å². The average Bonchev–Trinajstić information content (AvgIpc) is 3.22. The molecule has 0 bridgehead atoms. The van der Waals surface area contributed by atoms with Gasteiger partial charge in [-0.2, -0.15) is 0 Å². The summed E-state index contributed by atoms with van der Waals surface area (Å²) in [4.78, 5) is 25.6. The molecule has 0 aliphatic carbocycles. The van der Waals surface area contributed by atoms with Crippen LogP contribution in [0.5, 0.6) is 5.75 Å². The molecule has 3 heterocycles. The molecule has 0 saturated heterocycles. The van der Waals surface area contributed by atoms with Crippen LogP contribution in [0, 0.1) is 0 Å². The number of amidine groups is 1. The minimum absolute atomic E-state index is 0.0975. The quantitative estimate of drug-likeness (QED) is 0.445. The van der Waals surface area contributed by atoms with Crippen molar-refractivity contribution in [2.75, 3.05) is 45.7 Å². The topological polar surface area (TPSA) is 70.1 Å². The van der Waals surface area contributed by atoms with Crippen LogP contribution in [0.4, 0.5) is 5.69 Å². The average molecular weight is 391 g/mol. The molecule has 2 aliphatic heterocycles. The lowest BCUT2D eigenvalue weighted by Gasteiger charge is -2.32. The second-order valence-electron chi connectivity index (χ2n) is 7.30. The van der Waals surface area contributed by atoms with Crippen molar-refractivity contribution >= 4 is 17.3 Å². The molecule has 2 aliphatic rings. The number of ketones is 1. The number of fused-ring (bicyclic) bond motifs is 3. The molecule has 1 N–H and O–H groups in total. The number of nitrogens with one attached hydrogen (secondary N) is 1. The lowest BCUT2D eigenvalue weighted by Crippen LogP contribution is -2.36. The van der Waals surface area contributed by atoms with E-state index in [9.17, 15) is 4.79 Å². The Labute approximate surface area is 170 Å². The summed E-state index contributed by atoms with van der Waals surface area (Å²) in [6.45, 7) is 3.03. The number of para-hydroxylation sites is 1. The zero-order valence-electron chi connectivity index (χ0n) is 16.8. The second kappa shape index (κ2) is 8.45. The molecular formula is C22H25N5O2. The lowest BCUT2D eigenvalue weighted by molar-refractivity contribution is 0.104. The summed E-state index contributed by atoms with van der Waals surface area (Å²) in [6, 6.07) is 9.49. The molecular weight excluding hydrogens is 366 g/mol. The maximum absolute atomic E-state index is 12.7. The van der Waals surface area contributed by atoms with Crippen LogP contribution in [0.1, 0.15) is 22.3 Å². The van der Waals surface area contributed by atoms with E-state index in [1.165, 1.54) is 0 Å². The number of allylic oxidation sites excluding steroid dienone is 1. The van der Waals surface area contributed by atoms with Gasteiger partial charge >= 0.3 is 0 Å². The largest absolute Gasteiger partial charge is 0.491 e. The molecule has 0 unspecified atom stereocenters. The van der Waals surface area contributed by atoms with Crippen LogP contribution in [-0.4, -0.2) is 66.7 Å². The van der Waals surface area contributed by atoms with E-state index in [0.29, 0.717) is 24.5 Å². The molecule has 1 aromatic heterocycles. The molecule has 0 amide bonds. The Morgan fingerprint density at radius 2 is 2.21 bits per heavy atom. The highest BCUT2D eigenvalue weighted by molar-refractivity contribution is 6.11. The third kappa shape index (κ3) is 4.14. The van der Waals surface area contributed by atoms with Crippen molar-refractivity contribution in [3.63, 3.8) is 0 Å². The Morgan fingerprint density at radius 3 is 3.00 bits per heavy atom. The Balaban J connectivity index is 1.61. The van der Waals surface area contributed by atoms with Gasteiger partial charge in [0.1, 0.15) is 17.4 Å². The van der Waals surface area contributed by atoms with Crippen molar-refractivity contribution in [2.45, 2.75) is 6.42 Å². The zero-order chi connectivity index (χ0) is 20.2. The Morgan fingerprint density at radius 1 is 1.31 bits per heavy atom. The summed E-state index contributed by atoms with van der Waals surface area (Å²) in [7, 11) is 4.10. The number of rotatable bonds is 7. The second-order valence-corrected chi connectivity index (χ2v) is 7.30. The van der Waals surface area contributed by atoms with Crippen molar-refractivity contribution in [3.05, 3.63) is 65.7 Å². The maximum Gasteiger partial charge on any atom is 0.191 e. The summed E-state index contributed by atoms with van der Waals surface area (Å²) in [5, 5.41) is 3.42. The highest BCUT2D eigenvalue weighted by Gasteiger charge is 2.31. The fraction of sp³-hybridized carbons (Fsp3) is 0.318. The highest BCUT2D eigenvalue weighted by Crippen LogP contribution is 2.37. The molecule has 1 aromatic carbocycles. The number of hydrogen-bond donors (Lipinski definition) is 1. The van der Waals surface area contributed by atoms with Gasteiger partial charge in [0.2, 0.25) is 0 Å². The van der Waals surface area contributed by atoms with Crippen molar-refractivity contribution < 1.29 is 9.53 Å². The van der Waals surface area contributed by atoms with Gasteiger partial charge in [-0.25, -0.2) is 0 Å². The van der Waals surface area contributed by atoms with Crippen LogP contribution in [0.2, 0.25) is 0 Å². The smallest absolute Gasteiger partial charge is 0.191 e. The van der Waals surface area contributed by atoms with E-state index in [4.69, 9.17) is 4.74 Å². The number of carbonyl (C=O) groups is 1. The zero-order valence-corrected chi connectivity index (χ0v) is 16.8. The third-order valence-corrected chi connectivity index (χ3v) is 4.87. The minimum Gasteiger partial charge on any atom is -0.491 e. The first kappa shape index (κ1) is 19.1. The van der Waals surface area contributed by atoms with E-state index in [2.05, 4.69) is 34.3 Å². The Kier molecular flexibility index (Phi) is 5.57.